The Bertz CT molecular complexity index is 1260. The molecule has 0 saturated heterocycles. The highest BCUT2D eigenvalue weighted by molar-refractivity contribution is 6.41. The Balaban J connectivity index is 0.000000270. The van der Waals surface area contributed by atoms with Crippen LogP contribution in [0.4, 0.5) is 55.2 Å². The molecule has 1 aromatic heterocycles. The molecule has 0 saturated carbocycles. The maximum atomic E-state index is 11.2. The largest absolute Gasteiger partial charge is 0.458 e. The average molecular weight is 546 g/mol. The Morgan fingerprint density at radius 1 is 0.838 bits per heavy atom. The first-order valence-electron chi connectivity index (χ1n) is 10.5. The fourth-order valence-corrected chi connectivity index (χ4v) is 3.21. The number of rotatable bonds is 1. The van der Waals surface area contributed by atoms with Gasteiger partial charge in [-0.15, -0.1) is 0 Å². The predicted octanol–water partition coefficient (Wildman–Crippen LogP) is 6.22. The molecule has 2 aromatic carbocycles. The Labute approximate surface area is 211 Å². The molecule has 14 heteroatoms. The molecule has 0 spiro atoms. The van der Waals surface area contributed by atoms with E-state index >= 15 is 0 Å². The Kier molecular flexibility index (Phi) is 8.58. The van der Waals surface area contributed by atoms with Gasteiger partial charge in [-0.1, -0.05) is 29.8 Å². The van der Waals surface area contributed by atoms with Gasteiger partial charge in [0.15, 0.2) is 5.82 Å². The van der Waals surface area contributed by atoms with E-state index in [0.717, 1.165) is 36.4 Å². The van der Waals surface area contributed by atoms with Crippen molar-refractivity contribution < 1.29 is 35.9 Å². The van der Waals surface area contributed by atoms with Crippen molar-refractivity contribution in [1.29, 1.82) is 0 Å². The molecule has 37 heavy (non-hydrogen) atoms. The van der Waals surface area contributed by atoms with E-state index in [2.05, 4.69) is 44.1 Å². The maximum absolute atomic E-state index is 11.2. The number of ketones is 2. The number of aryl methyl sites for hydroxylation is 1. The quantitative estimate of drug-likeness (QED) is 0.247. The predicted molar refractivity (Wildman–Crippen MR) is 125 cm³/mol. The molecule has 2 heterocycles. The zero-order valence-corrected chi connectivity index (χ0v) is 19.4. The summed E-state index contributed by atoms with van der Waals surface area (Å²) >= 11 is 6.26. The third-order valence-corrected chi connectivity index (χ3v) is 5.02. The summed E-state index contributed by atoms with van der Waals surface area (Å²) in [5.74, 6) is -5.74. The molecule has 0 fully saturated rings. The van der Waals surface area contributed by atoms with Crippen LogP contribution in [-0.2, 0) is 16.0 Å². The van der Waals surface area contributed by atoms with Crippen LogP contribution in [0.1, 0.15) is 12.0 Å². The minimum Gasteiger partial charge on any atom is -0.385 e. The Morgan fingerprint density at radius 2 is 1.43 bits per heavy atom. The van der Waals surface area contributed by atoms with E-state index in [-0.39, 0.29) is 0 Å². The standard InChI is InChI=1S/C19H18ClN5.C4F6O2/c20-17-12-22-19-24-16-8-2-6-14(11-16)21-9-3-5-13-4-1-7-15(10-13)23-18(17)25-19;5-3(6,7)1(11)2(12)4(8,9)10/h1-2,4,6-8,10-12,21H,3,5,9H2,(H2,22,23,24,25);. The highest BCUT2D eigenvalue weighted by Crippen LogP contribution is 2.27. The van der Waals surface area contributed by atoms with Crippen LogP contribution >= 0.6 is 11.6 Å². The number of alkyl halides is 6. The van der Waals surface area contributed by atoms with Crippen LogP contribution in [0.5, 0.6) is 0 Å². The number of nitrogens with zero attached hydrogens (tertiary/aromatic N) is 2. The minimum absolute atomic E-state index is 0.482. The van der Waals surface area contributed by atoms with Crippen molar-refractivity contribution in [2.45, 2.75) is 25.2 Å². The van der Waals surface area contributed by atoms with Gasteiger partial charge < -0.3 is 16.0 Å². The lowest BCUT2D eigenvalue weighted by Crippen LogP contribution is -2.39. The summed E-state index contributed by atoms with van der Waals surface area (Å²) in [5, 5.41) is 10.5. The van der Waals surface area contributed by atoms with Crippen LogP contribution in [0.25, 0.3) is 0 Å². The van der Waals surface area contributed by atoms with Crippen LogP contribution in [-0.4, -0.2) is 40.4 Å². The van der Waals surface area contributed by atoms with Gasteiger partial charge in [-0.2, -0.15) is 31.3 Å². The third kappa shape index (κ3) is 8.07. The van der Waals surface area contributed by atoms with Crippen LogP contribution in [0.3, 0.4) is 0 Å². The number of nitrogens with one attached hydrogen (secondary N) is 3. The second-order valence-corrected chi connectivity index (χ2v) is 8.01. The molecule has 0 atom stereocenters. The zero-order chi connectivity index (χ0) is 27.2. The van der Waals surface area contributed by atoms with Gasteiger partial charge in [0.05, 0.1) is 6.20 Å². The smallest absolute Gasteiger partial charge is 0.385 e. The molecule has 0 unspecified atom stereocenters. The fraction of sp³-hybridized carbons (Fsp3) is 0.217. The second kappa shape index (κ2) is 11.5. The van der Waals surface area contributed by atoms with Crippen molar-refractivity contribution in [1.82, 2.24) is 9.97 Å². The summed E-state index contributed by atoms with van der Waals surface area (Å²) in [6.45, 7) is 0.914. The molecule has 0 amide bonds. The maximum Gasteiger partial charge on any atom is 0.458 e. The first-order chi connectivity index (χ1) is 17.3. The number of hydrogen-bond acceptors (Lipinski definition) is 7. The van der Waals surface area contributed by atoms with Gasteiger partial charge in [0.25, 0.3) is 0 Å². The number of aromatic nitrogens is 2. The summed E-state index contributed by atoms with van der Waals surface area (Å²) < 4.78 is 67.0. The summed E-state index contributed by atoms with van der Waals surface area (Å²) in [4.78, 5) is 28.0. The summed E-state index contributed by atoms with van der Waals surface area (Å²) in [6.07, 6.45) is -7.89. The van der Waals surface area contributed by atoms with E-state index < -0.39 is 23.9 Å². The van der Waals surface area contributed by atoms with E-state index in [4.69, 9.17) is 11.6 Å². The molecule has 3 N–H and O–H groups in total. The van der Waals surface area contributed by atoms with E-state index in [1.165, 1.54) is 5.56 Å². The monoisotopic (exact) mass is 545 g/mol. The average Bonchev–Trinajstić information content (AvgIpc) is 2.82. The van der Waals surface area contributed by atoms with E-state index in [1.54, 1.807) is 6.20 Å². The number of carbonyl (C=O) groups is 2. The first-order valence-corrected chi connectivity index (χ1v) is 10.9. The molecular formula is C23H18ClF6N5O2. The number of fused-ring (bicyclic) bond motifs is 6. The van der Waals surface area contributed by atoms with Gasteiger partial charge in [-0.3, -0.25) is 9.59 Å². The molecular weight excluding hydrogens is 528 g/mol. The number of halogens is 7. The van der Waals surface area contributed by atoms with Crippen molar-refractivity contribution in [3.63, 3.8) is 0 Å². The SMILES string of the molecule is Clc1cnc2nc1Nc1cccc(c1)CCCNc1cccc(c1)N2.O=C(C(=O)C(F)(F)F)C(F)(F)F. The van der Waals surface area contributed by atoms with Crippen LogP contribution in [0, 0.1) is 0 Å². The molecule has 1 aliphatic heterocycles. The van der Waals surface area contributed by atoms with E-state index in [1.807, 2.05) is 30.3 Å². The van der Waals surface area contributed by atoms with Crippen LogP contribution in [0.15, 0.2) is 54.7 Å². The van der Waals surface area contributed by atoms with Gasteiger partial charge in [-0.05, 0) is 48.7 Å². The molecule has 0 aliphatic carbocycles. The van der Waals surface area contributed by atoms with Crippen molar-refractivity contribution in [2.24, 2.45) is 0 Å². The van der Waals surface area contributed by atoms with Crippen molar-refractivity contribution >= 4 is 52.0 Å². The van der Waals surface area contributed by atoms with E-state index in [9.17, 15) is 35.9 Å². The zero-order valence-electron chi connectivity index (χ0n) is 18.7. The molecule has 7 nitrogen and oxygen atoms in total. The number of Topliss-reactive ketones (excluding diaryl/α,β-unsaturated/α-hetero) is 2. The fourth-order valence-electron chi connectivity index (χ4n) is 3.08. The van der Waals surface area contributed by atoms with Gasteiger partial charge in [0, 0.05) is 23.6 Å². The van der Waals surface area contributed by atoms with E-state index in [0.29, 0.717) is 16.8 Å². The van der Waals surface area contributed by atoms with Crippen molar-refractivity contribution in [3.8, 4) is 0 Å². The van der Waals surface area contributed by atoms with Gasteiger partial charge in [0.2, 0.25) is 5.95 Å². The summed E-state index contributed by atoms with van der Waals surface area (Å²) in [7, 11) is 0. The summed E-state index contributed by atoms with van der Waals surface area (Å²) in [5.41, 5.74) is 4.24. The summed E-state index contributed by atoms with van der Waals surface area (Å²) in [6, 6.07) is 16.4. The first kappa shape index (κ1) is 27.7. The number of benzene rings is 2. The molecule has 3 aromatic rings. The highest BCUT2D eigenvalue weighted by atomic mass is 35.5. The molecule has 196 valence electrons. The number of hydrogen-bond donors (Lipinski definition) is 3. The Hall–Kier alpha value is -3.87. The Morgan fingerprint density at radius 3 is 2.08 bits per heavy atom. The van der Waals surface area contributed by atoms with Crippen LogP contribution < -0.4 is 16.0 Å². The third-order valence-electron chi connectivity index (χ3n) is 4.75. The lowest BCUT2D eigenvalue weighted by Gasteiger charge is -2.11. The molecule has 1 aliphatic rings. The second-order valence-electron chi connectivity index (χ2n) is 7.61. The minimum atomic E-state index is -5.77. The van der Waals surface area contributed by atoms with Gasteiger partial charge in [-0.25, -0.2) is 4.98 Å². The lowest BCUT2D eigenvalue weighted by molar-refractivity contribution is -0.193. The molecule has 0 radical (unpaired) electrons. The normalized spacial score (nSPS) is 13.3. The molecule has 4 rings (SSSR count). The lowest BCUT2D eigenvalue weighted by atomic mass is 10.1. The van der Waals surface area contributed by atoms with Gasteiger partial charge in [0.1, 0.15) is 5.02 Å². The number of carbonyl (C=O) groups excluding carboxylic acids is 2. The molecule has 6 bridgehead atoms. The topological polar surface area (TPSA) is 96.0 Å². The van der Waals surface area contributed by atoms with Crippen LogP contribution in [0.2, 0.25) is 5.02 Å². The van der Waals surface area contributed by atoms with Gasteiger partial charge >= 0.3 is 23.9 Å². The number of anilines is 5. The van der Waals surface area contributed by atoms with Crippen molar-refractivity contribution in [2.75, 3.05) is 22.5 Å². The van der Waals surface area contributed by atoms with Crippen molar-refractivity contribution in [3.05, 3.63) is 65.3 Å². The highest BCUT2D eigenvalue weighted by Gasteiger charge is 2.54.